The molecule has 1 aromatic carbocycles. The number of para-hydroxylation sites is 2. The van der Waals surface area contributed by atoms with Crippen LogP contribution in [0.5, 0.6) is 11.5 Å². The molecule has 3 rings (SSSR count). The van der Waals surface area contributed by atoms with Gasteiger partial charge in [-0.05, 0) is 44.5 Å². The summed E-state index contributed by atoms with van der Waals surface area (Å²) < 4.78 is 11.8. The molecule has 1 aromatic rings. The number of fused-ring (bicyclic) bond motifs is 1. The van der Waals surface area contributed by atoms with Crippen molar-refractivity contribution >= 4 is 11.8 Å². The summed E-state index contributed by atoms with van der Waals surface area (Å²) in [6, 6.07) is 7.60. The van der Waals surface area contributed by atoms with E-state index in [1.165, 1.54) is 0 Å². The Hall–Kier alpha value is -2.28. The van der Waals surface area contributed by atoms with Gasteiger partial charge in [0.2, 0.25) is 11.8 Å². The standard InChI is InChI=1S/C20H29N3O4/c1-2-9-23(12-16-14-26-17-5-3-4-6-18(17)27-16)19(24)13-22-10-7-15(8-11-22)20(21)25/h3-6,15-16H,2,7-14H2,1H3,(H2,21,25)/t16-/m0/s1. The van der Waals surface area contributed by atoms with Gasteiger partial charge in [-0.1, -0.05) is 19.1 Å². The molecule has 0 bridgehead atoms. The van der Waals surface area contributed by atoms with Crippen LogP contribution in [0, 0.1) is 5.92 Å². The minimum Gasteiger partial charge on any atom is -0.486 e. The Morgan fingerprint density at radius 3 is 2.59 bits per heavy atom. The van der Waals surface area contributed by atoms with Gasteiger partial charge in [0.05, 0.1) is 13.1 Å². The lowest BCUT2D eigenvalue weighted by Gasteiger charge is -2.34. The van der Waals surface area contributed by atoms with Gasteiger partial charge in [0.15, 0.2) is 17.6 Å². The van der Waals surface area contributed by atoms with Crippen molar-refractivity contribution in [1.29, 1.82) is 0 Å². The smallest absolute Gasteiger partial charge is 0.236 e. The summed E-state index contributed by atoms with van der Waals surface area (Å²) in [5, 5.41) is 0. The van der Waals surface area contributed by atoms with Gasteiger partial charge in [0.25, 0.3) is 0 Å². The summed E-state index contributed by atoms with van der Waals surface area (Å²) in [5.74, 6) is 1.28. The monoisotopic (exact) mass is 375 g/mol. The molecule has 2 N–H and O–H groups in total. The van der Waals surface area contributed by atoms with Crippen molar-refractivity contribution in [3.05, 3.63) is 24.3 Å². The largest absolute Gasteiger partial charge is 0.486 e. The van der Waals surface area contributed by atoms with E-state index < -0.39 is 0 Å². The van der Waals surface area contributed by atoms with Crippen molar-refractivity contribution in [2.45, 2.75) is 32.3 Å². The number of primary amides is 1. The first-order valence-electron chi connectivity index (χ1n) is 9.74. The van der Waals surface area contributed by atoms with Crippen molar-refractivity contribution in [1.82, 2.24) is 9.80 Å². The van der Waals surface area contributed by atoms with Crippen LogP contribution < -0.4 is 15.2 Å². The molecule has 0 spiro atoms. The molecule has 2 aliphatic rings. The predicted octanol–water partition coefficient (Wildman–Crippen LogP) is 1.26. The number of hydrogen-bond donors (Lipinski definition) is 1. The second-order valence-electron chi connectivity index (χ2n) is 7.29. The van der Waals surface area contributed by atoms with E-state index >= 15 is 0 Å². The van der Waals surface area contributed by atoms with E-state index in [1.807, 2.05) is 29.2 Å². The molecule has 7 heteroatoms. The first kappa shape index (κ1) is 19.5. The summed E-state index contributed by atoms with van der Waals surface area (Å²) in [6.07, 6.45) is 2.18. The first-order valence-corrected chi connectivity index (χ1v) is 9.74. The summed E-state index contributed by atoms with van der Waals surface area (Å²) in [4.78, 5) is 28.1. The van der Waals surface area contributed by atoms with Gasteiger partial charge in [-0.2, -0.15) is 0 Å². The fraction of sp³-hybridized carbons (Fsp3) is 0.600. The van der Waals surface area contributed by atoms with E-state index in [0.717, 1.165) is 43.9 Å². The fourth-order valence-corrected chi connectivity index (χ4v) is 3.65. The molecule has 0 aromatic heterocycles. The topological polar surface area (TPSA) is 85.1 Å². The maximum absolute atomic E-state index is 12.8. The van der Waals surface area contributed by atoms with Crippen LogP contribution in [0.2, 0.25) is 0 Å². The van der Waals surface area contributed by atoms with Crippen LogP contribution in [0.3, 0.4) is 0 Å². The molecule has 2 aliphatic heterocycles. The molecular formula is C20H29N3O4. The Morgan fingerprint density at radius 2 is 1.93 bits per heavy atom. The van der Waals surface area contributed by atoms with Crippen LogP contribution in [-0.2, 0) is 9.59 Å². The number of carbonyl (C=O) groups is 2. The number of rotatable bonds is 7. The summed E-state index contributed by atoms with van der Waals surface area (Å²) in [6.45, 7) is 5.54. The maximum atomic E-state index is 12.8. The average molecular weight is 375 g/mol. The van der Waals surface area contributed by atoms with Gasteiger partial charge >= 0.3 is 0 Å². The Labute approximate surface area is 160 Å². The highest BCUT2D eigenvalue weighted by molar-refractivity contribution is 5.79. The number of nitrogens with two attached hydrogens (primary N) is 1. The third kappa shape index (κ3) is 5.13. The predicted molar refractivity (Wildman–Crippen MR) is 102 cm³/mol. The number of benzene rings is 1. The lowest BCUT2D eigenvalue weighted by molar-refractivity contribution is -0.134. The zero-order valence-corrected chi connectivity index (χ0v) is 15.9. The van der Waals surface area contributed by atoms with Gasteiger partial charge in [-0.25, -0.2) is 0 Å². The molecule has 2 heterocycles. The van der Waals surface area contributed by atoms with Crippen LogP contribution in [0.15, 0.2) is 24.3 Å². The van der Waals surface area contributed by atoms with E-state index in [4.69, 9.17) is 15.2 Å². The molecule has 0 aliphatic carbocycles. The lowest BCUT2D eigenvalue weighted by Crippen LogP contribution is -2.49. The normalized spacial score (nSPS) is 20.3. The number of nitrogens with zero attached hydrogens (tertiary/aromatic N) is 2. The first-order chi connectivity index (χ1) is 13.1. The van der Waals surface area contributed by atoms with Crippen LogP contribution in [-0.4, -0.2) is 67.0 Å². The molecule has 7 nitrogen and oxygen atoms in total. The summed E-state index contributed by atoms with van der Waals surface area (Å²) in [7, 11) is 0. The SMILES string of the molecule is CCCN(C[C@H]1COc2ccccc2O1)C(=O)CN1CCC(C(N)=O)CC1. The average Bonchev–Trinajstić information content (AvgIpc) is 2.68. The highest BCUT2D eigenvalue weighted by Crippen LogP contribution is 2.31. The molecular weight excluding hydrogens is 346 g/mol. The van der Waals surface area contributed by atoms with Crippen LogP contribution in [0.1, 0.15) is 26.2 Å². The van der Waals surface area contributed by atoms with E-state index in [-0.39, 0.29) is 23.8 Å². The second kappa shape index (κ2) is 9.08. The molecule has 1 saturated heterocycles. The van der Waals surface area contributed by atoms with Crippen molar-refractivity contribution < 1.29 is 19.1 Å². The summed E-state index contributed by atoms with van der Waals surface area (Å²) >= 11 is 0. The van der Waals surface area contributed by atoms with E-state index in [9.17, 15) is 9.59 Å². The zero-order chi connectivity index (χ0) is 19.2. The van der Waals surface area contributed by atoms with Crippen molar-refractivity contribution in [3.63, 3.8) is 0 Å². The Balaban J connectivity index is 1.53. The minimum atomic E-state index is -0.233. The Bertz CT molecular complexity index is 658. The van der Waals surface area contributed by atoms with Crippen molar-refractivity contribution in [3.8, 4) is 11.5 Å². The molecule has 0 saturated carbocycles. The highest BCUT2D eigenvalue weighted by atomic mass is 16.6. The number of ether oxygens (including phenoxy) is 2. The molecule has 148 valence electrons. The van der Waals surface area contributed by atoms with E-state index in [1.54, 1.807) is 0 Å². The van der Waals surface area contributed by atoms with Gasteiger partial charge in [0, 0.05) is 12.5 Å². The zero-order valence-electron chi connectivity index (χ0n) is 15.9. The van der Waals surface area contributed by atoms with Crippen LogP contribution >= 0.6 is 0 Å². The molecule has 0 radical (unpaired) electrons. The number of carbonyl (C=O) groups excluding carboxylic acids is 2. The molecule has 1 atom stereocenters. The number of likely N-dealkylation sites (tertiary alicyclic amines) is 1. The fourth-order valence-electron chi connectivity index (χ4n) is 3.65. The highest BCUT2D eigenvalue weighted by Gasteiger charge is 2.28. The van der Waals surface area contributed by atoms with Crippen molar-refractivity contribution in [2.24, 2.45) is 11.7 Å². The van der Waals surface area contributed by atoms with Crippen LogP contribution in [0.25, 0.3) is 0 Å². The number of amides is 2. The second-order valence-corrected chi connectivity index (χ2v) is 7.29. The van der Waals surface area contributed by atoms with Gasteiger partial charge in [-0.15, -0.1) is 0 Å². The van der Waals surface area contributed by atoms with Gasteiger partial charge in [0.1, 0.15) is 6.61 Å². The Morgan fingerprint density at radius 1 is 1.22 bits per heavy atom. The molecule has 1 fully saturated rings. The Kier molecular flexibility index (Phi) is 6.55. The quantitative estimate of drug-likeness (QED) is 0.776. The van der Waals surface area contributed by atoms with E-state index in [2.05, 4.69) is 11.8 Å². The van der Waals surface area contributed by atoms with E-state index in [0.29, 0.717) is 26.2 Å². The number of hydrogen-bond acceptors (Lipinski definition) is 5. The molecule has 27 heavy (non-hydrogen) atoms. The molecule has 2 amide bonds. The lowest BCUT2D eigenvalue weighted by atomic mass is 9.96. The van der Waals surface area contributed by atoms with Gasteiger partial charge in [-0.3, -0.25) is 14.5 Å². The number of piperidine rings is 1. The third-order valence-electron chi connectivity index (χ3n) is 5.19. The maximum Gasteiger partial charge on any atom is 0.236 e. The summed E-state index contributed by atoms with van der Waals surface area (Å²) in [5.41, 5.74) is 5.38. The van der Waals surface area contributed by atoms with Gasteiger partial charge < -0.3 is 20.1 Å². The van der Waals surface area contributed by atoms with Crippen LogP contribution in [0.4, 0.5) is 0 Å². The minimum absolute atomic E-state index is 0.0593. The third-order valence-corrected chi connectivity index (χ3v) is 5.19. The van der Waals surface area contributed by atoms with Crippen molar-refractivity contribution in [2.75, 3.05) is 39.3 Å². The molecule has 0 unspecified atom stereocenters.